The van der Waals surface area contributed by atoms with Gasteiger partial charge < -0.3 is 9.47 Å². The summed E-state index contributed by atoms with van der Waals surface area (Å²) in [6.45, 7) is 2.25. The van der Waals surface area contributed by atoms with E-state index in [4.69, 9.17) is 4.74 Å². The van der Waals surface area contributed by atoms with E-state index in [1.165, 1.54) is 6.07 Å². The Morgan fingerprint density at radius 1 is 0.818 bits per heavy atom. The zero-order chi connectivity index (χ0) is 24.1. The summed E-state index contributed by atoms with van der Waals surface area (Å²) < 4.78 is 122. The lowest BCUT2D eigenvalue weighted by Crippen LogP contribution is -2.25. The number of rotatable bonds is 4. The first kappa shape index (κ1) is 22.9. The van der Waals surface area contributed by atoms with E-state index in [0.29, 0.717) is 36.5 Å². The molecule has 1 aliphatic heterocycles. The van der Waals surface area contributed by atoms with Crippen LogP contribution in [-0.4, -0.2) is 6.61 Å². The van der Waals surface area contributed by atoms with Gasteiger partial charge in [0, 0.05) is 17.7 Å². The molecule has 10 heteroatoms. The summed E-state index contributed by atoms with van der Waals surface area (Å²) >= 11 is 0. The predicted octanol–water partition coefficient (Wildman–Crippen LogP) is 6.89. The van der Waals surface area contributed by atoms with E-state index >= 15 is 0 Å². The number of fused-ring (bicyclic) bond motifs is 1. The molecule has 0 N–H and O–H groups in total. The summed E-state index contributed by atoms with van der Waals surface area (Å²) in [5, 5.41) is 0. The Balaban J connectivity index is 1.71. The van der Waals surface area contributed by atoms with Crippen LogP contribution in [-0.2, 0) is 12.5 Å². The molecule has 3 aromatic rings. The molecule has 4 rings (SSSR count). The van der Waals surface area contributed by atoms with Crippen LogP contribution in [0.5, 0.6) is 11.5 Å². The molecule has 1 atom stereocenters. The normalized spacial score (nSPS) is 15.7. The topological polar surface area (TPSA) is 18.5 Å². The molecule has 0 aromatic heterocycles. The van der Waals surface area contributed by atoms with E-state index in [0.717, 1.165) is 6.07 Å². The maximum Gasteiger partial charge on any atom is 0.432 e. The van der Waals surface area contributed by atoms with Gasteiger partial charge in [-0.1, -0.05) is 6.92 Å². The van der Waals surface area contributed by atoms with E-state index in [1.807, 2.05) is 6.92 Å². The largest absolute Gasteiger partial charge is 0.493 e. The molecule has 0 amide bonds. The summed E-state index contributed by atoms with van der Waals surface area (Å²) in [7, 11) is 0. The number of benzene rings is 3. The number of alkyl halides is 2. The highest BCUT2D eigenvalue weighted by atomic mass is 19.3. The van der Waals surface area contributed by atoms with Crippen molar-refractivity contribution < 1.29 is 44.6 Å². The second-order valence-electron chi connectivity index (χ2n) is 7.69. The van der Waals surface area contributed by atoms with Crippen LogP contribution < -0.4 is 9.47 Å². The molecule has 0 aliphatic carbocycles. The molecule has 2 nitrogen and oxygen atoms in total. The monoisotopic (exact) mass is 474 g/mol. The van der Waals surface area contributed by atoms with E-state index < -0.39 is 52.3 Å². The van der Waals surface area contributed by atoms with Gasteiger partial charge in [0.05, 0.1) is 6.61 Å². The highest BCUT2D eigenvalue weighted by Crippen LogP contribution is 2.39. The second kappa shape index (κ2) is 8.24. The SMILES string of the molecule is CC1COc2cc(-c3cc(F)c(C(F)(F)Oc4cc(F)c(F)c(F)c4)c(F)c3)c(F)cc2C1. The number of ether oxygens (including phenoxy) is 2. The Kier molecular flexibility index (Phi) is 5.71. The van der Waals surface area contributed by atoms with Crippen LogP contribution in [0.2, 0.25) is 0 Å². The molecule has 0 fully saturated rings. The van der Waals surface area contributed by atoms with Gasteiger partial charge >= 0.3 is 6.11 Å². The number of hydrogen-bond acceptors (Lipinski definition) is 2. The van der Waals surface area contributed by atoms with Crippen molar-refractivity contribution in [3.8, 4) is 22.6 Å². The molecular weight excluding hydrogens is 460 g/mol. The van der Waals surface area contributed by atoms with Gasteiger partial charge in [0.1, 0.15) is 34.5 Å². The molecule has 0 bridgehead atoms. The fourth-order valence-corrected chi connectivity index (χ4v) is 3.57. The minimum absolute atomic E-state index is 0.0971. The molecule has 1 aliphatic rings. The summed E-state index contributed by atoms with van der Waals surface area (Å²) in [6, 6.07) is 3.51. The molecular formula is C23H14F8O2. The van der Waals surface area contributed by atoms with Gasteiger partial charge in [-0.05, 0) is 47.7 Å². The Bertz CT molecular complexity index is 1200. The maximum atomic E-state index is 14.6. The highest BCUT2D eigenvalue weighted by molar-refractivity contribution is 5.68. The molecule has 1 heterocycles. The van der Waals surface area contributed by atoms with Crippen LogP contribution in [0.4, 0.5) is 35.1 Å². The van der Waals surface area contributed by atoms with Crippen LogP contribution >= 0.6 is 0 Å². The first-order valence-electron chi connectivity index (χ1n) is 9.62. The third-order valence-electron chi connectivity index (χ3n) is 5.09. The van der Waals surface area contributed by atoms with Crippen molar-refractivity contribution >= 4 is 0 Å². The fraction of sp³-hybridized carbons (Fsp3) is 0.217. The fourth-order valence-electron chi connectivity index (χ4n) is 3.57. The minimum Gasteiger partial charge on any atom is -0.493 e. The lowest BCUT2D eigenvalue weighted by molar-refractivity contribution is -0.189. The van der Waals surface area contributed by atoms with Crippen molar-refractivity contribution in [1.29, 1.82) is 0 Å². The predicted molar refractivity (Wildman–Crippen MR) is 101 cm³/mol. The standard InChI is InChI=1S/C23H14F8O2/c1-10-2-12-5-15(24)14(8-20(12)32-9-10)11-3-16(25)21(17(26)4-11)23(30,31)33-13-6-18(27)22(29)19(28)7-13/h3-8,10H,2,9H2,1H3. The number of halogens is 8. The van der Waals surface area contributed by atoms with Gasteiger partial charge in [0.2, 0.25) is 0 Å². The van der Waals surface area contributed by atoms with Gasteiger partial charge in [-0.25, -0.2) is 26.3 Å². The summed E-state index contributed by atoms with van der Waals surface area (Å²) in [5.74, 6) is -10.8. The van der Waals surface area contributed by atoms with Crippen LogP contribution in [0.1, 0.15) is 18.1 Å². The summed E-state index contributed by atoms with van der Waals surface area (Å²) in [6.07, 6.45) is -4.21. The Labute approximate surface area is 182 Å². The summed E-state index contributed by atoms with van der Waals surface area (Å²) in [4.78, 5) is 0. The average molecular weight is 474 g/mol. The first-order valence-corrected chi connectivity index (χ1v) is 9.62. The first-order chi connectivity index (χ1) is 15.5. The lowest BCUT2D eigenvalue weighted by atomic mass is 9.94. The summed E-state index contributed by atoms with van der Waals surface area (Å²) in [5.41, 5.74) is -1.98. The van der Waals surface area contributed by atoms with Gasteiger partial charge in [0.25, 0.3) is 0 Å². The van der Waals surface area contributed by atoms with Crippen molar-refractivity contribution in [2.24, 2.45) is 5.92 Å². The van der Waals surface area contributed by atoms with Gasteiger partial charge in [-0.2, -0.15) is 8.78 Å². The molecule has 33 heavy (non-hydrogen) atoms. The molecule has 0 spiro atoms. The van der Waals surface area contributed by atoms with Crippen molar-refractivity contribution in [2.75, 3.05) is 6.61 Å². The zero-order valence-corrected chi connectivity index (χ0v) is 16.8. The number of hydrogen-bond donors (Lipinski definition) is 0. The van der Waals surface area contributed by atoms with Crippen LogP contribution in [0.25, 0.3) is 11.1 Å². The average Bonchev–Trinajstić information content (AvgIpc) is 2.70. The van der Waals surface area contributed by atoms with Crippen molar-refractivity contribution in [3.05, 3.63) is 82.4 Å². The molecule has 1 unspecified atom stereocenters. The minimum atomic E-state index is -4.74. The van der Waals surface area contributed by atoms with Crippen molar-refractivity contribution in [3.63, 3.8) is 0 Å². The third-order valence-corrected chi connectivity index (χ3v) is 5.09. The van der Waals surface area contributed by atoms with Crippen LogP contribution in [0.15, 0.2) is 36.4 Å². The quantitative estimate of drug-likeness (QED) is 0.303. The smallest absolute Gasteiger partial charge is 0.432 e. The van der Waals surface area contributed by atoms with E-state index in [2.05, 4.69) is 4.74 Å². The second-order valence-corrected chi connectivity index (χ2v) is 7.69. The van der Waals surface area contributed by atoms with Crippen LogP contribution in [0, 0.1) is 40.8 Å². The molecule has 174 valence electrons. The van der Waals surface area contributed by atoms with Gasteiger partial charge in [-0.15, -0.1) is 0 Å². The molecule has 0 radical (unpaired) electrons. The van der Waals surface area contributed by atoms with E-state index in [-0.39, 0.29) is 29.2 Å². The van der Waals surface area contributed by atoms with Gasteiger partial charge in [0.15, 0.2) is 17.5 Å². The van der Waals surface area contributed by atoms with E-state index in [9.17, 15) is 35.1 Å². The van der Waals surface area contributed by atoms with Crippen molar-refractivity contribution in [1.82, 2.24) is 0 Å². The molecule has 0 saturated carbocycles. The Morgan fingerprint density at radius 3 is 2.03 bits per heavy atom. The lowest BCUT2D eigenvalue weighted by Gasteiger charge is -2.23. The Morgan fingerprint density at radius 2 is 1.42 bits per heavy atom. The zero-order valence-electron chi connectivity index (χ0n) is 16.8. The highest BCUT2D eigenvalue weighted by Gasteiger charge is 2.41. The van der Waals surface area contributed by atoms with Crippen LogP contribution in [0.3, 0.4) is 0 Å². The molecule has 0 saturated heterocycles. The Hall–Kier alpha value is -3.30. The maximum absolute atomic E-state index is 14.6. The molecule has 3 aromatic carbocycles. The van der Waals surface area contributed by atoms with Gasteiger partial charge in [-0.3, -0.25) is 0 Å². The third kappa shape index (κ3) is 4.34. The van der Waals surface area contributed by atoms with Crippen molar-refractivity contribution in [2.45, 2.75) is 19.5 Å². The van der Waals surface area contributed by atoms with E-state index in [1.54, 1.807) is 0 Å².